The summed E-state index contributed by atoms with van der Waals surface area (Å²) in [6, 6.07) is 6.28. The maximum atomic E-state index is 13.2. The molecule has 1 amide bonds. The van der Waals surface area contributed by atoms with Crippen molar-refractivity contribution in [2.45, 2.75) is 45.2 Å². The number of carbonyl (C=O) groups is 1. The molecule has 0 fully saturated rings. The Hall–Kier alpha value is -2.41. The van der Waals surface area contributed by atoms with Gasteiger partial charge in [0.25, 0.3) is 5.78 Å². The molecule has 6 nitrogen and oxygen atoms in total. The van der Waals surface area contributed by atoms with Crippen molar-refractivity contribution in [1.29, 1.82) is 0 Å². The number of benzene rings is 1. The van der Waals surface area contributed by atoms with Crippen molar-refractivity contribution in [2.24, 2.45) is 0 Å². The molecule has 1 aliphatic heterocycles. The highest BCUT2D eigenvalue weighted by atomic mass is 32.2. The largest absolute Gasteiger partial charge is 0.312 e. The smallest absolute Gasteiger partial charge is 0.253 e. The normalized spacial score (nSPS) is 13.9. The summed E-state index contributed by atoms with van der Waals surface area (Å²) in [4.78, 5) is 24.2. The minimum Gasteiger partial charge on any atom is -0.312 e. The van der Waals surface area contributed by atoms with Crippen LogP contribution in [0.1, 0.15) is 34.5 Å². The molecule has 0 N–H and O–H groups in total. The van der Waals surface area contributed by atoms with Gasteiger partial charge in [0, 0.05) is 29.2 Å². The van der Waals surface area contributed by atoms with E-state index in [4.69, 9.17) is 0 Å². The van der Waals surface area contributed by atoms with Crippen LogP contribution in [0.3, 0.4) is 0 Å². The second kappa shape index (κ2) is 6.96. The standard InChI is InChI=1S/C20H23N5OS/c1-12-7-5-8-15-9-6-10-24(18(12)15)17(26)11-16-13(2)21-19-22-20(27-4)23-25(19)14(16)3/h5,7-8H,6,9-11H2,1-4H3. The van der Waals surface area contributed by atoms with E-state index >= 15 is 0 Å². The first-order valence-electron chi connectivity index (χ1n) is 9.15. The molecular weight excluding hydrogens is 358 g/mol. The van der Waals surface area contributed by atoms with Gasteiger partial charge in [0.15, 0.2) is 0 Å². The van der Waals surface area contributed by atoms with Crippen molar-refractivity contribution in [1.82, 2.24) is 19.6 Å². The van der Waals surface area contributed by atoms with Crippen LogP contribution in [-0.4, -0.2) is 38.3 Å². The molecular formula is C20H23N5OS. The zero-order valence-corrected chi connectivity index (χ0v) is 16.9. The Morgan fingerprint density at radius 2 is 2.04 bits per heavy atom. The van der Waals surface area contributed by atoms with Gasteiger partial charge >= 0.3 is 0 Å². The van der Waals surface area contributed by atoms with Crippen LogP contribution in [0, 0.1) is 20.8 Å². The van der Waals surface area contributed by atoms with E-state index in [1.54, 1.807) is 4.52 Å². The Morgan fingerprint density at radius 3 is 2.81 bits per heavy atom. The molecule has 3 heterocycles. The molecule has 1 aromatic carbocycles. The van der Waals surface area contributed by atoms with Crippen molar-refractivity contribution in [3.8, 4) is 0 Å². The second-order valence-corrected chi connectivity index (χ2v) is 7.75. The average Bonchev–Trinajstić information content (AvgIpc) is 3.08. The molecule has 0 aliphatic carbocycles. The zero-order valence-electron chi connectivity index (χ0n) is 16.1. The van der Waals surface area contributed by atoms with E-state index in [-0.39, 0.29) is 5.91 Å². The first kappa shape index (κ1) is 18.0. The van der Waals surface area contributed by atoms with Gasteiger partial charge in [0.2, 0.25) is 11.1 Å². The number of nitrogens with zero attached hydrogens (tertiary/aromatic N) is 5. The van der Waals surface area contributed by atoms with Gasteiger partial charge < -0.3 is 4.90 Å². The molecule has 140 valence electrons. The summed E-state index contributed by atoms with van der Waals surface area (Å²) < 4.78 is 1.75. The molecule has 0 atom stereocenters. The lowest BCUT2D eigenvalue weighted by Crippen LogP contribution is -2.37. The van der Waals surface area contributed by atoms with E-state index in [0.29, 0.717) is 17.4 Å². The summed E-state index contributed by atoms with van der Waals surface area (Å²) >= 11 is 1.49. The van der Waals surface area contributed by atoms with Gasteiger partial charge in [0.05, 0.1) is 6.42 Å². The summed E-state index contributed by atoms with van der Waals surface area (Å²) in [6.07, 6.45) is 4.29. The fourth-order valence-corrected chi connectivity index (χ4v) is 4.21. The maximum absolute atomic E-state index is 13.2. The molecule has 0 radical (unpaired) electrons. The molecule has 7 heteroatoms. The third kappa shape index (κ3) is 3.10. The summed E-state index contributed by atoms with van der Waals surface area (Å²) in [7, 11) is 0. The van der Waals surface area contributed by atoms with E-state index in [9.17, 15) is 4.79 Å². The lowest BCUT2D eigenvalue weighted by Gasteiger charge is -2.31. The van der Waals surface area contributed by atoms with Crippen LogP contribution >= 0.6 is 11.8 Å². The van der Waals surface area contributed by atoms with Crippen molar-refractivity contribution in [3.05, 3.63) is 46.3 Å². The predicted molar refractivity (Wildman–Crippen MR) is 108 cm³/mol. The summed E-state index contributed by atoms with van der Waals surface area (Å²) in [5.74, 6) is 0.701. The Labute approximate surface area is 163 Å². The van der Waals surface area contributed by atoms with E-state index in [2.05, 4.69) is 40.2 Å². The number of thioether (sulfide) groups is 1. The zero-order chi connectivity index (χ0) is 19.1. The lowest BCUT2D eigenvalue weighted by molar-refractivity contribution is -0.118. The third-order valence-electron chi connectivity index (χ3n) is 5.26. The summed E-state index contributed by atoms with van der Waals surface area (Å²) in [6.45, 7) is 6.77. The molecule has 1 aliphatic rings. The Balaban J connectivity index is 1.70. The van der Waals surface area contributed by atoms with Gasteiger partial charge in [-0.25, -0.2) is 9.50 Å². The molecule has 27 heavy (non-hydrogen) atoms. The third-order valence-corrected chi connectivity index (χ3v) is 5.80. The highest BCUT2D eigenvalue weighted by Gasteiger charge is 2.25. The molecule has 2 aromatic heterocycles. The Bertz CT molecular complexity index is 1040. The quantitative estimate of drug-likeness (QED) is 0.652. The van der Waals surface area contributed by atoms with E-state index in [1.165, 1.54) is 17.3 Å². The second-order valence-electron chi connectivity index (χ2n) is 6.98. The first-order valence-corrected chi connectivity index (χ1v) is 10.4. The maximum Gasteiger partial charge on any atom is 0.253 e. The van der Waals surface area contributed by atoms with E-state index < -0.39 is 0 Å². The number of anilines is 1. The lowest BCUT2D eigenvalue weighted by atomic mass is 9.97. The monoisotopic (exact) mass is 381 g/mol. The van der Waals surface area contributed by atoms with Crippen LogP contribution in [0.15, 0.2) is 23.4 Å². The van der Waals surface area contributed by atoms with Gasteiger partial charge in [-0.05, 0) is 51.0 Å². The van der Waals surface area contributed by atoms with Crippen LogP contribution in [0.4, 0.5) is 5.69 Å². The molecule has 4 rings (SSSR count). The molecule has 0 spiro atoms. The van der Waals surface area contributed by atoms with Crippen LogP contribution in [0.25, 0.3) is 5.78 Å². The van der Waals surface area contributed by atoms with Gasteiger partial charge in [-0.2, -0.15) is 4.98 Å². The number of aryl methyl sites for hydroxylation is 4. The molecule has 0 unspecified atom stereocenters. The number of carbonyl (C=O) groups excluding carboxylic acids is 1. The van der Waals surface area contributed by atoms with Crippen LogP contribution in [0.5, 0.6) is 0 Å². The SMILES string of the molecule is CSc1nc2nc(C)c(CC(=O)N3CCCc4cccc(C)c43)c(C)n2n1. The van der Waals surface area contributed by atoms with Gasteiger partial charge in [-0.1, -0.05) is 30.0 Å². The number of hydrogen-bond donors (Lipinski definition) is 0. The van der Waals surface area contributed by atoms with Crippen molar-refractivity contribution in [2.75, 3.05) is 17.7 Å². The molecule has 0 bridgehead atoms. The van der Waals surface area contributed by atoms with Gasteiger partial charge in [-0.3, -0.25) is 4.79 Å². The number of aromatic nitrogens is 4. The summed E-state index contributed by atoms with van der Waals surface area (Å²) in [5.41, 5.74) is 6.21. The molecule has 0 saturated carbocycles. The first-order chi connectivity index (χ1) is 13.0. The number of fused-ring (bicyclic) bond motifs is 2. The topological polar surface area (TPSA) is 63.4 Å². The fourth-order valence-electron chi connectivity index (χ4n) is 3.88. The predicted octanol–water partition coefficient (Wildman–Crippen LogP) is 3.29. The van der Waals surface area contributed by atoms with Crippen molar-refractivity contribution < 1.29 is 4.79 Å². The number of para-hydroxylation sites is 1. The average molecular weight is 382 g/mol. The van der Waals surface area contributed by atoms with Crippen molar-refractivity contribution >= 4 is 29.1 Å². The highest BCUT2D eigenvalue weighted by molar-refractivity contribution is 7.98. The molecule has 3 aromatic rings. The minimum absolute atomic E-state index is 0.114. The fraction of sp³-hybridized carbons (Fsp3) is 0.400. The molecule has 0 saturated heterocycles. The Kier molecular flexibility index (Phi) is 4.63. The van der Waals surface area contributed by atoms with Crippen molar-refractivity contribution in [3.63, 3.8) is 0 Å². The van der Waals surface area contributed by atoms with Crippen LogP contribution < -0.4 is 4.90 Å². The van der Waals surface area contributed by atoms with E-state index in [0.717, 1.165) is 47.6 Å². The number of hydrogen-bond acceptors (Lipinski definition) is 5. The van der Waals surface area contributed by atoms with Crippen LogP contribution in [0.2, 0.25) is 0 Å². The minimum atomic E-state index is 0.114. The highest BCUT2D eigenvalue weighted by Crippen LogP contribution is 2.31. The number of amides is 1. The van der Waals surface area contributed by atoms with Crippen LogP contribution in [-0.2, 0) is 17.6 Å². The van der Waals surface area contributed by atoms with Gasteiger partial charge in [0.1, 0.15) is 0 Å². The summed E-state index contributed by atoms with van der Waals surface area (Å²) in [5, 5.41) is 5.17. The Morgan fingerprint density at radius 1 is 1.22 bits per heavy atom. The van der Waals surface area contributed by atoms with E-state index in [1.807, 2.05) is 25.0 Å². The number of rotatable bonds is 3. The van der Waals surface area contributed by atoms with Gasteiger partial charge in [-0.15, -0.1) is 5.10 Å².